The monoisotopic (exact) mass is 272 g/mol. The molecule has 1 aromatic carbocycles. The van der Waals surface area contributed by atoms with Crippen molar-refractivity contribution in [3.8, 4) is 17.6 Å². The predicted octanol–water partition coefficient (Wildman–Crippen LogP) is 2.94. The zero-order chi connectivity index (χ0) is 13.8. The third kappa shape index (κ3) is 2.88. The van der Waals surface area contributed by atoms with E-state index in [1.54, 1.807) is 0 Å². The largest absolute Gasteiger partial charge is 0.490 e. The van der Waals surface area contributed by atoms with E-state index in [1.165, 1.54) is 25.7 Å². The van der Waals surface area contributed by atoms with E-state index in [1.807, 2.05) is 18.2 Å². The van der Waals surface area contributed by atoms with Gasteiger partial charge in [-0.1, -0.05) is 18.9 Å². The van der Waals surface area contributed by atoms with Crippen molar-refractivity contribution in [2.24, 2.45) is 0 Å². The topological polar surface area (TPSA) is 54.3 Å². The molecule has 4 heteroatoms. The van der Waals surface area contributed by atoms with Crippen molar-refractivity contribution in [2.75, 3.05) is 13.2 Å². The summed E-state index contributed by atoms with van der Waals surface area (Å²) in [6.07, 6.45) is 5.76. The van der Waals surface area contributed by atoms with Crippen LogP contribution in [0, 0.1) is 11.3 Å². The van der Waals surface area contributed by atoms with E-state index in [0.717, 1.165) is 23.5 Å². The summed E-state index contributed by atoms with van der Waals surface area (Å²) in [5.41, 5.74) is 0.962. The van der Waals surface area contributed by atoms with Crippen molar-refractivity contribution in [2.45, 2.75) is 44.2 Å². The van der Waals surface area contributed by atoms with E-state index >= 15 is 0 Å². The van der Waals surface area contributed by atoms with E-state index in [2.05, 4.69) is 11.4 Å². The normalized spacial score (nSPS) is 20.1. The molecule has 1 aromatic rings. The molecule has 20 heavy (non-hydrogen) atoms. The Labute approximate surface area is 119 Å². The minimum absolute atomic E-state index is 0.268. The Morgan fingerprint density at radius 3 is 2.60 bits per heavy atom. The van der Waals surface area contributed by atoms with Crippen LogP contribution in [0.5, 0.6) is 11.5 Å². The fourth-order valence-electron chi connectivity index (χ4n) is 2.90. The van der Waals surface area contributed by atoms with Crippen LogP contribution in [0.2, 0.25) is 0 Å². The van der Waals surface area contributed by atoms with Crippen LogP contribution in [-0.4, -0.2) is 19.3 Å². The second kappa shape index (κ2) is 6.15. The lowest BCUT2D eigenvalue weighted by atomic mass is 10.1. The van der Waals surface area contributed by atoms with E-state index in [0.29, 0.717) is 19.3 Å². The molecule has 1 aliphatic heterocycles. The highest BCUT2D eigenvalue weighted by Crippen LogP contribution is 2.32. The van der Waals surface area contributed by atoms with E-state index < -0.39 is 0 Å². The summed E-state index contributed by atoms with van der Waals surface area (Å²) in [7, 11) is 0. The molecule has 3 rings (SSSR count). The van der Waals surface area contributed by atoms with Gasteiger partial charge in [0.15, 0.2) is 11.5 Å². The van der Waals surface area contributed by atoms with Gasteiger partial charge >= 0.3 is 0 Å². The molecule has 1 aliphatic carbocycles. The van der Waals surface area contributed by atoms with Gasteiger partial charge in [-0.2, -0.15) is 5.26 Å². The maximum atomic E-state index is 9.41. The van der Waals surface area contributed by atoms with Crippen LogP contribution in [0.25, 0.3) is 0 Å². The summed E-state index contributed by atoms with van der Waals surface area (Å²) in [4.78, 5) is 0. The van der Waals surface area contributed by atoms with Gasteiger partial charge in [0.1, 0.15) is 6.04 Å². The van der Waals surface area contributed by atoms with Gasteiger partial charge in [-0.05, 0) is 30.5 Å². The summed E-state index contributed by atoms with van der Waals surface area (Å²) in [5.74, 6) is 1.54. The predicted molar refractivity (Wildman–Crippen MR) is 75.8 cm³/mol. The number of nitrogens with zero attached hydrogens (tertiary/aromatic N) is 1. The van der Waals surface area contributed by atoms with Crippen LogP contribution in [-0.2, 0) is 0 Å². The van der Waals surface area contributed by atoms with Crippen molar-refractivity contribution in [3.05, 3.63) is 23.8 Å². The maximum absolute atomic E-state index is 9.41. The zero-order valence-corrected chi connectivity index (χ0v) is 11.6. The van der Waals surface area contributed by atoms with Gasteiger partial charge in [-0.15, -0.1) is 0 Å². The van der Waals surface area contributed by atoms with Gasteiger partial charge in [0.05, 0.1) is 19.3 Å². The number of hydrogen-bond donors (Lipinski definition) is 1. The smallest absolute Gasteiger partial charge is 0.161 e. The lowest BCUT2D eigenvalue weighted by Crippen LogP contribution is -2.29. The van der Waals surface area contributed by atoms with Crippen LogP contribution >= 0.6 is 0 Å². The second-order valence-electron chi connectivity index (χ2n) is 5.47. The quantitative estimate of drug-likeness (QED) is 0.919. The van der Waals surface area contributed by atoms with Crippen LogP contribution in [0.3, 0.4) is 0 Å². The van der Waals surface area contributed by atoms with Gasteiger partial charge in [0.2, 0.25) is 0 Å². The molecule has 1 saturated carbocycles. The standard InChI is InChI=1S/C16H20N2O2/c17-11-14(18-13-4-1-2-5-13)12-6-7-15-16(10-12)20-9-3-8-19-15/h6-7,10,13-14,18H,1-5,8-9H2. The van der Waals surface area contributed by atoms with Gasteiger partial charge in [-0.25, -0.2) is 0 Å². The Morgan fingerprint density at radius 2 is 1.85 bits per heavy atom. The maximum Gasteiger partial charge on any atom is 0.161 e. The molecular weight excluding hydrogens is 252 g/mol. The zero-order valence-electron chi connectivity index (χ0n) is 11.6. The summed E-state index contributed by atoms with van der Waals surface area (Å²) >= 11 is 0. The average molecular weight is 272 g/mol. The molecule has 1 N–H and O–H groups in total. The van der Waals surface area contributed by atoms with Crippen molar-refractivity contribution < 1.29 is 9.47 Å². The summed E-state index contributed by atoms with van der Waals surface area (Å²) in [6, 6.07) is 8.38. The first-order chi connectivity index (χ1) is 9.86. The minimum Gasteiger partial charge on any atom is -0.490 e. The van der Waals surface area contributed by atoms with Crippen LogP contribution in [0.1, 0.15) is 43.7 Å². The summed E-state index contributed by atoms with van der Waals surface area (Å²) < 4.78 is 11.3. The summed E-state index contributed by atoms with van der Waals surface area (Å²) in [6.45, 7) is 1.36. The Balaban J connectivity index is 1.77. The van der Waals surface area contributed by atoms with E-state index in [4.69, 9.17) is 9.47 Å². The van der Waals surface area contributed by atoms with E-state index in [9.17, 15) is 5.26 Å². The molecule has 0 amide bonds. The Morgan fingerprint density at radius 1 is 1.10 bits per heavy atom. The highest BCUT2D eigenvalue weighted by molar-refractivity contribution is 5.45. The van der Waals surface area contributed by atoms with Crippen molar-refractivity contribution in [1.29, 1.82) is 5.26 Å². The molecule has 4 nitrogen and oxygen atoms in total. The number of rotatable bonds is 3. The van der Waals surface area contributed by atoms with Crippen LogP contribution in [0.4, 0.5) is 0 Å². The number of fused-ring (bicyclic) bond motifs is 1. The number of benzene rings is 1. The third-order valence-electron chi connectivity index (χ3n) is 3.99. The van der Waals surface area contributed by atoms with Gasteiger partial charge in [-0.3, -0.25) is 5.32 Å². The molecule has 1 atom stereocenters. The fraction of sp³-hybridized carbons (Fsp3) is 0.562. The Hall–Kier alpha value is -1.73. The van der Waals surface area contributed by atoms with Crippen molar-refractivity contribution >= 4 is 0 Å². The first kappa shape index (κ1) is 13.3. The van der Waals surface area contributed by atoms with Gasteiger partial charge in [0.25, 0.3) is 0 Å². The lowest BCUT2D eigenvalue weighted by Gasteiger charge is -2.18. The molecule has 0 spiro atoms. The van der Waals surface area contributed by atoms with E-state index in [-0.39, 0.29) is 6.04 Å². The number of ether oxygens (including phenoxy) is 2. The minimum atomic E-state index is -0.268. The Bertz CT molecular complexity index is 504. The van der Waals surface area contributed by atoms with Crippen molar-refractivity contribution in [3.63, 3.8) is 0 Å². The lowest BCUT2D eigenvalue weighted by molar-refractivity contribution is 0.297. The Kier molecular flexibility index (Phi) is 4.08. The molecule has 0 radical (unpaired) electrons. The van der Waals surface area contributed by atoms with Crippen LogP contribution < -0.4 is 14.8 Å². The number of nitrogens with one attached hydrogen (secondary N) is 1. The SMILES string of the molecule is N#CC(NC1CCCC1)c1ccc2c(c1)OCCCO2. The number of nitriles is 1. The van der Waals surface area contributed by atoms with Gasteiger partial charge < -0.3 is 9.47 Å². The van der Waals surface area contributed by atoms with Crippen LogP contribution in [0.15, 0.2) is 18.2 Å². The first-order valence-corrected chi connectivity index (χ1v) is 7.42. The average Bonchev–Trinajstić information content (AvgIpc) is 2.87. The molecule has 2 aliphatic rings. The molecule has 1 fully saturated rings. The number of hydrogen-bond acceptors (Lipinski definition) is 4. The molecule has 1 heterocycles. The molecule has 0 saturated heterocycles. The highest BCUT2D eigenvalue weighted by atomic mass is 16.5. The molecule has 106 valence electrons. The molecule has 0 aromatic heterocycles. The second-order valence-corrected chi connectivity index (χ2v) is 5.47. The fourth-order valence-corrected chi connectivity index (χ4v) is 2.90. The third-order valence-corrected chi connectivity index (χ3v) is 3.99. The van der Waals surface area contributed by atoms with Gasteiger partial charge in [0, 0.05) is 12.5 Å². The summed E-state index contributed by atoms with van der Waals surface area (Å²) in [5, 5.41) is 12.9. The highest BCUT2D eigenvalue weighted by Gasteiger charge is 2.21. The molecular formula is C16H20N2O2. The molecule has 1 unspecified atom stereocenters. The molecule has 0 bridgehead atoms. The van der Waals surface area contributed by atoms with Crippen molar-refractivity contribution in [1.82, 2.24) is 5.32 Å². The first-order valence-electron chi connectivity index (χ1n) is 7.42.